The highest BCUT2D eigenvalue weighted by molar-refractivity contribution is 6.35. The van der Waals surface area contributed by atoms with E-state index in [0.717, 1.165) is 0 Å². The monoisotopic (exact) mass is 601 g/mol. The van der Waals surface area contributed by atoms with Crippen LogP contribution in [0.5, 0.6) is 17.2 Å². The Bertz CT molecular complexity index is 1480. The van der Waals surface area contributed by atoms with Gasteiger partial charge in [-0.25, -0.2) is 4.39 Å². The molecule has 12 heteroatoms. The molecule has 1 saturated heterocycles. The molecule has 2 aliphatic rings. The van der Waals surface area contributed by atoms with Crippen LogP contribution in [0.4, 0.5) is 4.39 Å². The normalized spacial score (nSPS) is 19.2. The average molecular weight is 602 g/mol. The van der Waals surface area contributed by atoms with Crippen molar-refractivity contribution in [2.24, 2.45) is 0 Å². The van der Waals surface area contributed by atoms with Gasteiger partial charge in [-0.1, -0.05) is 23.2 Å². The molecule has 2 aliphatic heterocycles. The summed E-state index contributed by atoms with van der Waals surface area (Å²) in [5.74, 6) is -1.00. The topological polar surface area (TPSA) is 106 Å². The third kappa shape index (κ3) is 6.83. The lowest BCUT2D eigenvalue weighted by atomic mass is 9.99. The predicted octanol–water partition coefficient (Wildman–Crippen LogP) is 4.24. The van der Waals surface area contributed by atoms with Crippen molar-refractivity contribution in [1.29, 1.82) is 0 Å². The summed E-state index contributed by atoms with van der Waals surface area (Å²) in [5, 5.41) is 6.29. The van der Waals surface area contributed by atoms with Crippen molar-refractivity contribution < 1.29 is 33.0 Å². The fourth-order valence-corrected chi connectivity index (χ4v) is 5.32. The predicted molar refractivity (Wildman–Crippen MR) is 149 cm³/mol. The van der Waals surface area contributed by atoms with E-state index in [9.17, 15) is 18.8 Å². The number of methoxy groups -OCH3 is 1. The van der Waals surface area contributed by atoms with Crippen molar-refractivity contribution >= 4 is 40.9 Å². The van der Waals surface area contributed by atoms with Crippen LogP contribution in [0.15, 0.2) is 54.6 Å². The van der Waals surface area contributed by atoms with Crippen LogP contribution in [0.1, 0.15) is 32.7 Å². The zero-order valence-corrected chi connectivity index (χ0v) is 23.4. The maximum absolute atomic E-state index is 14.5. The van der Waals surface area contributed by atoms with Crippen molar-refractivity contribution in [2.45, 2.75) is 25.1 Å². The number of piperidine rings is 1. The molecule has 3 aromatic rings. The Hall–Kier alpha value is -4.02. The smallest absolute Gasteiger partial charge is 0.258 e. The molecule has 0 unspecified atom stereocenters. The Morgan fingerprint density at radius 1 is 1.07 bits per heavy atom. The maximum atomic E-state index is 14.5. The van der Waals surface area contributed by atoms with E-state index in [-0.39, 0.29) is 42.7 Å². The van der Waals surface area contributed by atoms with Gasteiger partial charge in [0.2, 0.25) is 0 Å². The number of rotatable bonds is 2. The molecule has 9 nitrogen and oxygen atoms in total. The number of benzene rings is 3. The Morgan fingerprint density at radius 3 is 2.61 bits per heavy atom. The standard InChI is InChI=1S/C29H26Cl2FN3O6/c1-39-25-3-2-17-10-26(25)40-15-27(36)33-13-16-6-21(32)12-22(7-16)41-24-4-5-35(14-23(24)34-28(17)37)29(38)18-8-19(30)11-20(31)9-18/h2-3,6-12,23-24H,4-5,13-15H2,1H3,(H,33,36)(H,34,37)/t23-,24+/m0/s1. The van der Waals surface area contributed by atoms with Gasteiger partial charge < -0.3 is 29.7 Å². The molecular weight excluding hydrogens is 576 g/mol. The quantitative estimate of drug-likeness (QED) is 0.455. The molecule has 4 bridgehead atoms. The summed E-state index contributed by atoms with van der Waals surface area (Å²) in [6.07, 6.45) is -0.262. The second kappa shape index (κ2) is 12.2. The van der Waals surface area contributed by atoms with Gasteiger partial charge in [0.25, 0.3) is 17.7 Å². The van der Waals surface area contributed by atoms with Crippen LogP contribution in [-0.4, -0.2) is 61.6 Å². The minimum atomic E-state index is -0.666. The van der Waals surface area contributed by atoms with Crippen LogP contribution < -0.4 is 24.8 Å². The van der Waals surface area contributed by atoms with Gasteiger partial charge in [-0.2, -0.15) is 0 Å². The molecule has 0 aromatic heterocycles. The molecule has 41 heavy (non-hydrogen) atoms. The molecule has 0 aliphatic carbocycles. The van der Waals surface area contributed by atoms with Gasteiger partial charge in [0.15, 0.2) is 18.1 Å². The molecule has 214 valence electrons. The van der Waals surface area contributed by atoms with E-state index >= 15 is 0 Å². The Morgan fingerprint density at radius 2 is 1.85 bits per heavy atom. The van der Waals surface area contributed by atoms with E-state index in [0.29, 0.717) is 39.9 Å². The van der Waals surface area contributed by atoms with E-state index in [1.54, 1.807) is 23.1 Å². The van der Waals surface area contributed by atoms with Crippen LogP contribution in [0.3, 0.4) is 0 Å². The van der Waals surface area contributed by atoms with E-state index in [1.807, 2.05) is 0 Å². The first-order valence-electron chi connectivity index (χ1n) is 12.8. The summed E-state index contributed by atoms with van der Waals surface area (Å²) < 4.78 is 31.6. The lowest BCUT2D eigenvalue weighted by Crippen LogP contribution is -2.58. The fraction of sp³-hybridized carbons (Fsp3) is 0.276. The molecule has 3 amide bonds. The number of nitrogens with zero attached hydrogens (tertiary/aromatic N) is 1. The number of carbonyl (C=O) groups excluding carboxylic acids is 3. The maximum Gasteiger partial charge on any atom is 0.258 e. The number of fused-ring (bicyclic) bond motifs is 5. The second-order valence-corrected chi connectivity index (χ2v) is 10.5. The molecule has 2 atom stereocenters. The third-order valence-electron chi connectivity index (χ3n) is 6.76. The largest absolute Gasteiger partial charge is 0.493 e. The van der Waals surface area contributed by atoms with Crippen LogP contribution in [0.25, 0.3) is 0 Å². The zero-order valence-electron chi connectivity index (χ0n) is 21.9. The Kier molecular flexibility index (Phi) is 8.51. The van der Waals surface area contributed by atoms with Gasteiger partial charge >= 0.3 is 0 Å². The first-order valence-corrected chi connectivity index (χ1v) is 13.5. The molecule has 2 N–H and O–H groups in total. The molecule has 1 fully saturated rings. The molecule has 0 saturated carbocycles. The Labute approximate surface area is 245 Å². The number of nitrogens with one attached hydrogen (secondary N) is 2. The lowest BCUT2D eigenvalue weighted by Gasteiger charge is -2.39. The molecule has 3 aromatic carbocycles. The van der Waals surface area contributed by atoms with Crippen LogP contribution in [0.2, 0.25) is 10.0 Å². The second-order valence-electron chi connectivity index (χ2n) is 9.66. The van der Waals surface area contributed by atoms with Crippen molar-refractivity contribution in [3.8, 4) is 17.2 Å². The minimum Gasteiger partial charge on any atom is -0.493 e. The van der Waals surface area contributed by atoms with Gasteiger partial charge in [0, 0.05) is 53.3 Å². The molecule has 5 rings (SSSR count). The number of likely N-dealkylation sites (tertiary alicyclic amines) is 1. The van der Waals surface area contributed by atoms with Gasteiger partial charge in [-0.15, -0.1) is 0 Å². The summed E-state index contributed by atoms with van der Waals surface area (Å²) in [6.45, 7) is 0.105. The molecular formula is C29H26Cl2FN3O6. The number of hydrogen-bond donors (Lipinski definition) is 2. The molecule has 2 heterocycles. The summed E-state index contributed by atoms with van der Waals surface area (Å²) in [4.78, 5) is 40.8. The highest BCUT2D eigenvalue weighted by atomic mass is 35.5. The van der Waals surface area contributed by atoms with E-state index in [4.69, 9.17) is 37.4 Å². The number of ether oxygens (including phenoxy) is 3. The van der Waals surface area contributed by atoms with Crippen molar-refractivity contribution in [1.82, 2.24) is 15.5 Å². The summed E-state index contributed by atoms with van der Waals surface area (Å²) >= 11 is 12.2. The fourth-order valence-electron chi connectivity index (χ4n) is 4.80. The highest BCUT2D eigenvalue weighted by Crippen LogP contribution is 2.29. The van der Waals surface area contributed by atoms with Crippen LogP contribution >= 0.6 is 23.2 Å². The van der Waals surface area contributed by atoms with Crippen molar-refractivity contribution in [3.05, 3.63) is 87.2 Å². The lowest BCUT2D eigenvalue weighted by molar-refractivity contribution is -0.123. The van der Waals surface area contributed by atoms with Crippen LogP contribution in [-0.2, 0) is 11.3 Å². The van der Waals surface area contributed by atoms with Crippen molar-refractivity contribution in [3.63, 3.8) is 0 Å². The number of halogens is 3. The van der Waals surface area contributed by atoms with Crippen LogP contribution in [0, 0.1) is 5.82 Å². The summed E-state index contributed by atoms with van der Waals surface area (Å²) in [6, 6.07) is 12.7. The Balaban J connectivity index is 1.47. The summed E-state index contributed by atoms with van der Waals surface area (Å²) in [5.41, 5.74) is 1.03. The SMILES string of the molecule is COc1ccc2cc1OCC(=O)NCc1cc(F)cc(c1)O[C@@H]1CCN(C(=O)c3cc(Cl)cc(Cl)c3)C[C@@H]1NC2=O. The van der Waals surface area contributed by atoms with Gasteiger partial charge in [-0.3, -0.25) is 14.4 Å². The van der Waals surface area contributed by atoms with Gasteiger partial charge in [0.1, 0.15) is 17.7 Å². The van der Waals surface area contributed by atoms with E-state index in [1.165, 1.54) is 43.5 Å². The number of carbonyl (C=O) groups is 3. The average Bonchev–Trinajstić information content (AvgIpc) is 2.94. The first-order chi connectivity index (χ1) is 19.7. The summed E-state index contributed by atoms with van der Waals surface area (Å²) in [7, 11) is 1.44. The molecule has 0 radical (unpaired) electrons. The van der Waals surface area contributed by atoms with E-state index in [2.05, 4.69) is 10.6 Å². The number of hydrogen-bond acceptors (Lipinski definition) is 6. The number of amides is 3. The first kappa shape index (κ1) is 28.5. The highest BCUT2D eigenvalue weighted by Gasteiger charge is 2.35. The molecule has 0 spiro atoms. The third-order valence-corrected chi connectivity index (χ3v) is 7.19. The van der Waals surface area contributed by atoms with Gasteiger partial charge in [-0.05, 0) is 54.1 Å². The zero-order chi connectivity index (χ0) is 29.1. The van der Waals surface area contributed by atoms with Gasteiger partial charge in [0.05, 0.1) is 13.2 Å². The van der Waals surface area contributed by atoms with Crippen molar-refractivity contribution in [2.75, 3.05) is 26.8 Å². The minimum absolute atomic E-state index is 0.0444. The van der Waals surface area contributed by atoms with E-state index < -0.39 is 29.8 Å².